The van der Waals surface area contributed by atoms with E-state index in [9.17, 15) is 14.4 Å². The number of primary amides is 1. The molecule has 4 amide bonds. The Morgan fingerprint density at radius 1 is 1.26 bits per heavy atom. The van der Waals surface area contributed by atoms with Gasteiger partial charge >= 0.3 is 6.03 Å². The van der Waals surface area contributed by atoms with Gasteiger partial charge in [0.05, 0.1) is 0 Å². The first-order valence-corrected chi connectivity index (χ1v) is 5.91. The summed E-state index contributed by atoms with van der Waals surface area (Å²) in [5.74, 6) is -1.12. The maximum absolute atomic E-state index is 12.2. The number of rotatable bonds is 3. The Bertz CT molecular complexity index is 539. The Labute approximate surface area is 110 Å². The number of anilines is 1. The second-order valence-electron chi connectivity index (χ2n) is 4.55. The van der Waals surface area contributed by atoms with Crippen molar-refractivity contribution in [1.29, 1.82) is 0 Å². The van der Waals surface area contributed by atoms with E-state index in [4.69, 9.17) is 5.73 Å². The Morgan fingerprint density at radius 2 is 1.84 bits per heavy atom. The van der Waals surface area contributed by atoms with Crippen molar-refractivity contribution in [3.63, 3.8) is 0 Å². The highest BCUT2D eigenvalue weighted by Gasteiger charge is 2.43. The van der Waals surface area contributed by atoms with Gasteiger partial charge in [0.15, 0.2) is 0 Å². The van der Waals surface area contributed by atoms with Gasteiger partial charge in [-0.2, -0.15) is 0 Å². The van der Waals surface area contributed by atoms with Gasteiger partial charge in [-0.25, -0.2) is 4.79 Å². The molecule has 0 radical (unpaired) electrons. The van der Waals surface area contributed by atoms with Gasteiger partial charge in [0.25, 0.3) is 5.91 Å². The van der Waals surface area contributed by atoms with Crippen LogP contribution in [0.5, 0.6) is 0 Å². The molecule has 1 heterocycles. The average molecular weight is 261 g/mol. The van der Waals surface area contributed by atoms with Crippen molar-refractivity contribution in [2.75, 3.05) is 11.4 Å². The van der Waals surface area contributed by atoms with Gasteiger partial charge < -0.3 is 5.73 Å². The summed E-state index contributed by atoms with van der Waals surface area (Å²) in [4.78, 5) is 37.3. The van der Waals surface area contributed by atoms with E-state index in [1.807, 2.05) is 19.1 Å². The molecule has 2 N–H and O–H groups in total. The van der Waals surface area contributed by atoms with Crippen LogP contribution in [-0.2, 0) is 9.59 Å². The van der Waals surface area contributed by atoms with Crippen molar-refractivity contribution < 1.29 is 14.4 Å². The highest BCUT2D eigenvalue weighted by Crippen LogP contribution is 2.25. The first-order chi connectivity index (χ1) is 8.91. The zero-order valence-electron chi connectivity index (χ0n) is 10.8. The van der Waals surface area contributed by atoms with Crippen LogP contribution in [0.15, 0.2) is 24.3 Å². The topological polar surface area (TPSA) is 83.7 Å². The maximum atomic E-state index is 12.2. The SMILES string of the molecule is Cc1ccc(N2C(=O)N(CC(N)=O)C(=O)[C@H]2C)cc1. The molecule has 0 saturated carbocycles. The van der Waals surface area contributed by atoms with Gasteiger partial charge in [-0.1, -0.05) is 17.7 Å². The lowest BCUT2D eigenvalue weighted by Gasteiger charge is -2.19. The lowest BCUT2D eigenvalue weighted by atomic mass is 10.2. The van der Waals surface area contributed by atoms with Crippen molar-refractivity contribution in [3.05, 3.63) is 29.8 Å². The molecule has 1 aromatic rings. The fourth-order valence-corrected chi connectivity index (χ4v) is 2.07. The van der Waals surface area contributed by atoms with Crippen molar-refractivity contribution >= 4 is 23.5 Å². The van der Waals surface area contributed by atoms with Crippen LogP contribution >= 0.6 is 0 Å². The predicted molar refractivity (Wildman–Crippen MR) is 69.4 cm³/mol. The normalized spacial score (nSPS) is 19.2. The molecular weight excluding hydrogens is 246 g/mol. The van der Waals surface area contributed by atoms with E-state index >= 15 is 0 Å². The second kappa shape index (κ2) is 4.72. The molecule has 1 aliphatic heterocycles. The Hall–Kier alpha value is -2.37. The van der Waals surface area contributed by atoms with Gasteiger partial charge in [0.1, 0.15) is 12.6 Å². The molecule has 1 atom stereocenters. The van der Waals surface area contributed by atoms with E-state index in [1.54, 1.807) is 19.1 Å². The smallest absolute Gasteiger partial charge is 0.332 e. The minimum absolute atomic E-state index is 0.385. The zero-order valence-corrected chi connectivity index (χ0v) is 10.8. The van der Waals surface area contributed by atoms with Crippen LogP contribution in [0.2, 0.25) is 0 Å². The summed E-state index contributed by atoms with van der Waals surface area (Å²) in [7, 11) is 0. The molecule has 0 aliphatic carbocycles. The number of nitrogens with zero attached hydrogens (tertiary/aromatic N) is 2. The average Bonchev–Trinajstić information content (AvgIpc) is 2.55. The monoisotopic (exact) mass is 261 g/mol. The highest BCUT2D eigenvalue weighted by molar-refractivity contribution is 6.15. The summed E-state index contributed by atoms with van der Waals surface area (Å²) in [6, 6.07) is 6.11. The summed E-state index contributed by atoms with van der Waals surface area (Å²) >= 11 is 0. The molecule has 6 nitrogen and oxygen atoms in total. The third-order valence-electron chi connectivity index (χ3n) is 3.07. The standard InChI is InChI=1S/C13H15N3O3/c1-8-3-5-10(6-4-8)16-9(2)12(18)15(13(16)19)7-11(14)17/h3-6,9H,7H2,1-2H3,(H2,14,17)/t9-/m1/s1. The molecular formula is C13H15N3O3. The van der Waals surface area contributed by atoms with E-state index in [0.29, 0.717) is 5.69 Å². The van der Waals surface area contributed by atoms with Gasteiger partial charge in [-0.05, 0) is 26.0 Å². The molecule has 2 rings (SSSR count). The number of amides is 4. The van der Waals surface area contributed by atoms with Crippen molar-refractivity contribution in [1.82, 2.24) is 4.90 Å². The summed E-state index contributed by atoms with van der Waals surface area (Å²) < 4.78 is 0. The van der Waals surface area contributed by atoms with Gasteiger partial charge in [-0.15, -0.1) is 0 Å². The van der Waals surface area contributed by atoms with E-state index in [1.165, 1.54) is 4.90 Å². The van der Waals surface area contributed by atoms with Crippen LogP contribution in [0.25, 0.3) is 0 Å². The Morgan fingerprint density at radius 3 is 2.37 bits per heavy atom. The fraction of sp³-hybridized carbons (Fsp3) is 0.308. The largest absolute Gasteiger partial charge is 0.368 e. The van der Waals surface area contributed by atoms with Crippen molar-refractivity contribution in [2.24, 2.45) is 5.73 Å². The van der Waals surface area contributed by atoms with E-state index in [-0.39, 0.29) is 6.54 Å². The van der Waals surface area contributed by atoms with E-state index in [0.717, 1.165) is 10.5 Å². The highest BCUT2D eigenvalue weighted by atomic mass is 16.2. The van der Waals surface area contributed by atoms with Crippen molar-refractivity contribution in [2.45, 2.75) is 19.9 Å². The summed E-state index contributed by atoms with van der Waals surface area (Å²) in [5.41, 5.74) is 6.73. The summed E-state index contributed by atoms with van der Waals surface area (Å²) in [5, 5.41) is 0. The van der Waals surface area contributed by atoms with Crippen molar-refractivity contribution in [3.8, 4) is 0 Å². The zero-order chi connectivity index (χ0) is 14.2. The van der Waals surface area contributed by atoms with Crippen LogP contribution in [0.3, 0.4) is 0 Å². The number of carbonyl (C=O) groups excluding carboxylic acids is 3. The Balaban J connectivity index is 2.32. The van der Waals surface area contributed by atoms with Crippen LogP contribution in [-0.4, -0.2) is 35.3 Å². The molecule has 0 bridgehead atoms. The minimum Gasteiger partial charge on any atom is -0.368 e. The number of hydrogen-bond acceptors (Lipinski definition) is 3. The van der Waals surface area contributed by atoms with Crippen LogP contribution in [0, 0.1) is 6.92 Å². The fourth-order valence-electron chi connectivity index (χ4n) is 2.07. The molecule has 0 aromatic heterocycles. The maximum Gasteiger partial charge on any atom is 0.332 e. The summed E-state index contributed by atoms with van der Waals surface area (Å²) in [6.45, 7) is 3.18. The van der Waals surface area contributed by atoms with Gasteiger partial charge in [0.2, 0.25) is 5.91 Å². The molecule has 1 fully saturated rings. The van der Waals surface area contributed by atoms with Gasteiger partial charge in [0, 0.05) is 5.69 Å². The number of aryl methyl sites for hydroxylation is 1. The first kappa shape index (κ1) is 13.1. The molecule has 6 heteroatoms. The lowest BCUT2D eigenvalue weighted by Crippen LogP contribution is -2.39. The van der Waals surface area contributed by atoms with E-state index < -0.39 is 23.9 Å². The molecule has 1 aliphatic rings. The van der Waals surface area contributed by atoms with Crippen LogP contribution < -0.4 is 10.6 Å². The summed E-state index contributed by atoms with van der Waals surface area (Å²) in [6.07, 6.45) is 0. The predicted octanol–water partition coefficient (Wildman–Crippen LogP) is 0.637. The molecule has 1 saturated heterocycles. The molecule has 0 spiro atoms. The number of benzene rings is 1. The third kappa shape index (κ3) is 2.29. The Kier molecular flexibility index (Phi) is 3.25. The lowest BCUT2D eigenvalue weighted by molar-refractivity contribution is -0.130. The number of imide groups is 1. The van der Waals surface area contributed by atoms with E-state index in [2.05, 4.69) is 0 Å². The van der Waals surface area contributed by atoms with Gasteiger partial charge in [-0.3, -0.25) is 19.4 Å². The second-order valence-corrected chi connectivity index (χ2v) is 4.55. The number of carbonyl (C=O) groups is 3. The number of nitrogens with two attached hydrogens (primary N) is 1. The van der Waals surface area contributed by atoms with Crippen LogP contribution in [0.4, 0.5) is 10.5 Å². The molecule has 0 unspecified atom stereocenters. The molecule has 1 aromatic carbocycles. The third-order valence-corrected chi connectivity index (χ3v) is 3.07. The first-order valence-electron chi connectivity index (χ1n) is 5.91. The minimum atomic E-state index is -0.709. The molecule has 100 valence electrons. The number of hydrogen-bond donors (Lipinski definition) is 1. The number of urea groups is 1. The van der Waals surface area contributed by atoms with Crippen LogP contribution in [0.1, 0.15) is 12.5 Å². The quantitative estimate of drug-likeness (QED) is 0.810. The molecule has 19 heavy (non-hydrogen) atoms.